The van der Waals surface area contributed by atoms with Gasteiger partial charge >= 0.3 is 0 Å². The molecule has 8 rings (SSSR count). The molecule has 2 aromatic carbocycles. The van der Waals surface area contributed by atoms with E-state index in [1.54, 1.807) is 0 Å². The van der Waals surface area contributed by atoms with E-state index in [4.69, 9.17) is 19.5 Å². The van der Waals surface area contributed by atoms with E-state index >= 15 is 0 Å². The summed E-state index contributed by atoms with van der Waals surface area (Å²) in [6.07, 6.45) is 7.33. The van der Waals surface area contributed by atoms with Crippen molar-refractivity contribution >= 4 is 22.8 Å². The molecule has 48 heavy (non-hydrogen) atoms. The normalized spacial score (nSPS) is 32.0. The Kier molecular flexibility index (Phi) is 6.64. The van der Waals surface area contributed by atoms with Crippen LogP contribution in [0.3, 0.4) is 0 Å². The first-order valence-electron chi connectivity index (χ1n) is 18.1. The summed E-state index contributed by atoms with van der Waals surface area (Å²) in [7, 11) is 0. The molecule has 6 unspecified atom stereocenters. The fourth-order valence-electron chi connectivity index (χ4n) is 9.36. The molecule has 4 nitrogen and oxygen atoms in total. The number of aliphatic imine (C=N–C) groups is 2. The van der Waals surface area contributed by atoms with Gasteiger partial charge in [-0.2, -0.15) is 0 Å². The highest BCUT2D eigenvalue weighted by Gasteiger charge is 2.70. The summed E-state index contributed by atoms with van der Waals surface area (Å²) in [4.78, 5) is 11.2. The molecule has 6 atom stereocenters. The second-order valence-electron chi connectivity index (χ2n) is 20.2. The van der Waals surface area contributed by atoms with Gasteiger partial charge in [0.15, 0.2) is 11.2 Å². The van der Waals surface area contributed by atoms with Crippen molar-refractivity contribution in [3.63, 3.8) is 0 Å². The first-order chi connectivity index (χ1) is 21.8. The maximum absolute atomic E-state index is 7.51. The van der Waals surface area contributed by atoms with E-state index < -0.39 is 11.2 Å². The molecule has 6 aliphatic rings. The van der Waals surface area contributed by atoms with Crippen LogP contribution >= 0.6 is 0 Å². The summed E-state index contributed by atoms with van der Waals surface area (Å²) in [5.74, 6) is 2.21. The zero-order chi connectivity index (χ0) is 35.4. The minimum atomic E-state index is -0.641. The van der Waals surface area contributed by atoms with Gasteiger partial charge in [0.05, 0.1) is 11.4 Å². The SMILES string of the molecule is CC1=CC2C(C3C=CC2(C)C2=Nc4cc(C(C)(C)C)cc(C(C)(C)C)c4OC23C)C2(C)Oc3c(cc(C(C)(C)C)cc3C(C)(C)C)N=C12. The number of ether oxygens (including phenoxy) is 2. The fraction of sp³-hybridized carbons (Fsp3) is 0.591. The van der Waals surface area contributed by atoms with Crippen LogP contribution in [0.25, 0.3) is 0 Å². The molecule has 2 aromatic rings. The van der Waals surface area contributed by atoms with Crippen molar-refractivity contribution in [2.24, 2.45) is 33.2 Å². The van der Waals surface area contributed by atoms with Crippen LogP contribution in [-0.2, 0) is 21.7 Å². The van der Waals surface area contributed by atoms with Crippen LogP contribution in [0.1, 0.15) is 133 Å². The quantitative estimate of drug-likeness (QED) is 0.267. The highest BCUT2D eigenvalue weighted by atomic mass is 16.5. The predicted octanol–water partition coefficient (Wildman–Crippen LogP) is 11.4. The van der Waals surface area contributed by atoms with Crippen molar-refractivity contribution < 1.29 is 9.47 Å². The third-order valence-corrected chi connectivity index (χ3v) is 12.2. The van der Waals surface area contributed by atoms with E-state index in [0.29, 0.717) is 0 Å². The minimum absolute atomic E-state index is 0.00108. The lowest BCUT2D eigenvalue weighted by molar-refractivity contribution is -0.0601. The topological polar surface area (TPSA) is 43.2 Å². The number of fused-ring (bicyclic) bond motifs is 3. The molecular formula is C44H58N2O2. The molecule has 1 saturated carbocycles. The Bertz CT molecular complexity index is 1880. The van der Waals surface area contributed by atoms with Crippen molar-refractivity contribution in [2.45, 2.75) is 144 Å². The van der Waals surface area contributed by atoms with Gasteiger partial charge in [0, 0.05) is 28.4 Å². The number of hydrogen-bond donors (Lipinski definition) is 0. The summed E-state index contributed by atoms with van der Waals surface area (Å²) in [5, 5.41) is 0. The van der Waals surface area contributed by atoms with E-state index in [0.717, 1.165) is 34.3 Å². The first-order valence-corrected chi connectivity index (χ1v) is 18.1. The average Bonchev–Trinajstić information content (AvgIpc) is 2.93. The monoisotopic (exact) mass is 646 g/mol. The Labute approximate surface area is 290 Å². The summed E-state index contributed by atoms with van der Waals surface area (Å²) in [6.45, 7) is 36.6. The third kappa shape index (κ3) is 4.52. The van der Waals surface area contributed by atoms with Crippen LogP contribution < -0.4 is 9.47 Å². The van der Waals surface area contributed by atoms with Crippen LogP contribution in [-0.4, -0.2) is 22.6 Å². The maximum atomic E-state index is 7.51. The van der Waals surface area contributed by atoms with Crippen molar-refractivity contribution in [1.29, 1.82) is 0 Å². The van der Waals surface area contributed by atoms with E-state index in [2.05, 4.69) is 153 Å². The van der Waals surface area contributed by atoms with Gasteiger partial charge < -0.3 is 9.47 Å². The highest BCUT2D eigenvalue weighted by Crippen LogP contribution is 2.65. The van der Waals surface area contributed by atoms with Gasteiger partial charge in [-0.3, -0.25) is 0 Å². The third-order valence-electron chi connectivity index (χ3n) is 12.2. The molecule has 0 aromatic heterocycles. The maximum Gasteiger partial charge on any atom is 0.152 e. The lowest BCUT2D eigenvalue weighted by Gasteiger charge is -2.64. The first kappa shape index (κ1) is 33.4. The minimum Gasteiger partial charge on any atom is -0.478 e. The van der Waals surface area contributed by atoms with Gasteiger partial charge in [-0.05, 0) is 77.2 Å². The Balaban J connectivity index is 1.44. The zero-order valence-electron chi connectivity index (χ0n) is 32.5. The summed E-state index contributed by atoms with van der Waals surface area (Å²) >= 11 is 0. The molecule has 4 heteroatoms. The van der Waals surface area contributed by atoms with Gasteiger partial charge in [-0.25, -0.2) is 9.98 Å². The Morgan fingerprint density at radius 1 is 0.604 bits per heavy atom. The molecule has 1 fully saturated rings. The standard InChI is InChI=1S/C44H58N2O2/c1-24-19-28-33(44(16)36(24)45-31-22-25(38(2,3)4)20-29(34(31)48-44)40(8,9)10)27-17-18-42(28,14)37-43(27,15)47-35-30(41(11,12)13)21-26(39(5,6)7)23-32(35)46-37/h17-23,27-28,33H,1-16H3. The van der Waals surface area contributed by atoms with Crippen LogP contribution in [0.4, 0.5) is 11.4 Å². The van der Waals surface area contributed by atoms with Crippen LogP contribution in [0.2, 0.25) is 0 Å². The van der Waals surface area contributed by atoms with Gasteiger partial charge in [-0.15, -0.1) is 0 Å². The number of hydrogen-bond acceptors (Lipinski definition) is 4. The van der Waals surface area contributed by atoms with Crippen LogP contribution in [0, 0.1) is 23.2 Å². The molecule has 0 spiro atoms. The van der Waals surface area contributed by atoms with Gasteiger partial charge in [0.25, 0.3) is 0 Å². The summed E-state index contributed by atoms with van der Waals surface area (Å²) < 4.78 is 15.0. The van der Waals surface area contributed by atoms with Crippen LogP contribution in [0.5, 0.6) is 11.5 Å². The van der Waals surface area contributed by atoms with Gasteiger partial charge in [0.2, 0.25) is 0 Å². The van der Waals surface area contributed by atoms with Crippen molar-refractivity contribution in [3.8, 4) is 11.5 Å². The lowest BCUT2D eigenvalue weighted by Crippen LogP contribution is -2.73. The molecule has 4 aliphatic carbocycles. The number of rotatable bonds is 0. The molecule has 2 heterocycles. The summed E-state index contributed by atoms with van der Waals surface area (Å²) in [5.41, 5.74) is 8.52. The van der Waals surface area contributed by atoms with E-state index in [9.17, 15) is 0 Å². The van der Waals surface area contributed by atoms with Crippen LogP contribution in [0.15, 0.2) is 58.1 Å². The number of nitrogens with zero attached hydrogens (tertiary/aromatic N) is 2. The smallest absolute Gasteiger partial charge is 0.152 e. The molecule has 0 amide bonds. The zero-order valence-corrected chi connectivity index (χ0v) is 32.5. The Morgan fingerprint density at radius 2 is 1.08 bits per heavy atom. The largest absolute Gasteiger partial charge is 0.478 e. The molecule has 0 saturated heterocycles. The molecule has 2 bridgehead atoms. The molecule has 256 valence electrons. The number of allylic oxidation sites excluding steroid dienone is 2. The molecular weight excluding hydrogens is 588 g/mol. The van der Waals surface area contributed by atoms with E-state index in [1.807, 2.05) is 0 Å². The van der Waals surface area contributed by atoms with Crippen molar-refractivity contribution in [1.82, 2.24) is 0 Å². The average molecular weight is 647 g/mol. The molecule has 0 radical (unpaired) electrons. The highest BCUT2D eigenvalue weighted by molar-refractivity contribution is 6.12. The van der Waals surface area contributed by atoms with E-state index in [1.165, 1.54) is 27.8 Å². The molecule has 2 aliphatic heterocycles. The second-order valence-corrected chi connectivity index (χ2v) is 20.2. The van der Waals surface area contributed by atoms with Gasteiger partial charge in [0.1, 0.15) is 22.9 Å². The lowest BCUT2D eigenvalue weighted by atomic mass is 9.43. The van der Waals surface area contributed by atoms with Gasteiger partial charge in [-0.1, -0.05) is 120 Å². The van der Waals surface area contributed by atoms with E-state index in [-0.39, 0.29) is 44.8 Å². The van der Waals surface area contributed by atoms with Crippen molar-refractivity contribution in [3.05, 3.63) is 70.3 Å². The second kappa shape index (κ2) is 9.55. The Morgan fingerprint density at radius 3 is 1.56 bits per heavy atom. The fourth-order valence-corrected chi connectivity index (χ4v) is 9.36. The Hall–Kier alpha value is -3.14. The molecule has 0 N–H and O–H groups in total. The predicted molar refractivity (Wildman–Crippen MR) is 201 cm³/mol. The number of benzene rings is 2. The van der Waals surface area contributed by atoms with Crippen molar-refractivity contribution in [2.75, 3.05) is 0 Å². The summed E-state index contributed by atoms with van der Waals surface area (Å²) in [6, 6.07) is 9.27.